The van der Waals surface area contributed by atoms with Gasteiger partial charge in [-0.15, -0.1) is 0 Å². The number of allylic oxidation sites excluding steroid dienone is 1. The molecular weight excluding hydrogens is 244 g/mol. The first kappa shape index (κ1) is 15.0. The van der Waals surface area contributed by atoms with Crippen LogP contribution in [0.1, 0.15) is 47.4 Å². The van der Waals surface area contributed by atoms with Crippen molar-refractivity contribution >= 4 is 11.9 Å². The van der Waals surface area contributed by atoms with E-state index in [0.29, 0.717) is 5.56 Å². The monoisotopic (exact) mass is 262 g/mol. The topological polar surface area (TPSA) is 63.6 Å². The third-order valence-corrected chi connectivity index (χ3v) is 2.86. The van der Waals surface area contributed by atoms with Gasteiger partial charge in [-0.3, -0.25) is 0 Å². The van der Waals surface area contributed by atoms with Crippen LogP contribution in [-0.4, -0.2) is 23.7 Å². The highest BCUT2D eigenvalue weighted by Gasteiger charge is 2.08. The van der Waals surface area contributed by atoms with Gasteiger partial charge < -0.3 is 9.84 Å². The summed E-state index contributed by atoms with van der Waals surface area (Å²) in [6, 6.07) is 5.68. The van der Waals surface area contributed by atoms with E-state index in [1.807, 2.05) is 6.08 Å². The summed E-state index contributed by atoms with van der Waals surface area (Å²) >= 11 is 0. The zero-order chi connectivity index (χ0) is 14.3. The highest BCUT2D eigenvalue weighted by molar-refractivity contribution is 5.92. The van der Waals surface area contributed by atoms with E-state index in [2.05, 4.69) is 13.8 Å². The third-order valence-electron chi connectivity index (χ3n) is 2.86. The minimum absolute atomic E-state index is 0.149. The van der Waals surface area contributed by atoms with Gasteiger partial charge in [-0.2, -0.15) is 0 Å². The van der Waals surface area contributed by atoms with E-state index >= 15 is 0 Å². The van der Waals surface area contributed by atoms with Crippen LogP contribution < -0.4 is 0 Å². The number of benzene rings is 1. The number of ether oxygens (including phenoxy) is 1. The summed E-state index contributed by atoms with van der Waals surface area (Å²) in [6.07, 6.45) is 3.80. The Balaban J connectivity index is 2.59. The largest absolute Gasteiger partial charge is 0.478 e. The molecule has 0 bridgehead atoms. The molecule has 0 unspecified atom stereocenters. The van der Waals surface area contributed by atoms with Crippen molar-refractivity contribution in [3.05, 3.63) is 47.0 Å². The number of carbonyl (C=O) groups excluding carboxylic acids is 1. The molecule has 1 rings (SSSR count). The van der Waals surface area contributed by atoms with Crippen LogP contribution in [-0.2, 0) is 4.74 Å². The third kappa shape index (κ3) is 4.58. The standard InChI is InChI=1S/C15H18O4/c1-3-11(4-2)9-10-19-15(18)13-7-5-12(6-8-13)14(16)17/h5-9H,3-4,10H2,1-2H3,(H,16,17). The van der Waals surface area contributed by atoms with Crippen molar-refractivity contribution in [3.63, 3.8) is 0 Å². The molecule has 1 aromatic carbocycles. The van der Waals surface area contributed by atoms with Gasteiger partial charge in [0.2, 0.25) is 0 Å². The average molecular weight is 262 g/mol. The molecular formula is C15H18O4. The van der Waals surface area contributed by atoms with Gasteiger partial charge in [0.15, 0.2) is 0 Å². The molecule has 0 aliphatic carbocycles. The van der Waals surface area contributed by atoms with Crippen LogP contribution >= 0.6 is 0 Å². The van der Waals surface area contributed by atoms with Crippen molar-refractivity contribution < 1.29 is 19.4 Å². The Labute approximate surface area is 112 Å². The van der Waals surface area contributed by atoms with Crippen molar-refractivity contribution in [2.24, 2.45) is 0 Å². The highest BCUT2D eigenvalue weighted by atomic mass is 16.5. The maximum Gasteiger partial charge on any atom is 0.338 e. The van der Waals surface area contributed by atoms with Crippen LogP contribution in [0.15, 0.2) is 35.9 Å². The van der Waals surface area contributed by atoms with Crippen molar-refractivity contribution in [2.45, 2.75) is 26.7 Å². The van der Waals surface area contributed by atoms with Crippen molar-refractivity contribution in [3.8, 4) is 0 Å². The maximum atomic E-state index is 11.7. The second-order valence-corrected chi connectivity index (χ2v) is 4.05. The first-order valence-corrected chi connectivity index (χ1v) is 6.26. The van der Waals surface area contributed by atoms with Crippen LogP contribution in [0.4, 0.5) is 0 Å². The Kier molecular flexibility index (Phi) is 5.79. The molecule has 0 spiro atoms. The molecule has 0 aromatic heterocycles. The van der Waals surface area contributed by atoms with E-state index in [0.717, 1.165) is 12.8 Å². The lowest BCUT2D eigenvalue weighted by molar-refractivity contribution is 0.0547. The molecule has 0 atom stereocenters. The van der Waals surface area contributed by atoms with E-state index in [1.54, 1.807) is 0 Å². The molecule has 4 nitrogen and oxygen atoms in total. The molecule has 1 N–H and O–H groups in total. The fourth-order valence-corrected chi connectivity index (χ4v) is 1.61. The predicted octanol–water partition coefficient (Wildman–Crippen LogP) is 3.29. The van der Waals surface area contributed by atoms with E-state index in [9.17, 15) is 9.59 Å². The summed E-state index contributed by atoms with van der Waals surface area (Å²) in [5.74, 6) is -1.46. The summed E-state index contributed by atoms with van der Waals surface area (Å²) in [7, 11) is 0. The lowest BCUT2D eigenvalue weighted by atomic mass is 10.1. The van der Waals surface area contributed by atoms with Crippen LogP contribution in [0, 0.1) is 0 Å². The summed E-state index contributed by atoms with van der Waals surface area (Å²) in [5, 5.41) is 8.75. The molecule has 0 amide bonds. The molecule has 4 heteroatoms. The molecule has 102 valence electrons. The van der Waals surface area contributed by atoms with Crippen LogP contribution in [0.5, 0.6) is 0 Å². The van der Waals surface area contributed by atoms with Gasteiger partial charge in [0, 0.05) is 0 Å². The molecule has 0 saturated heterocycles. The Hall–Kier alpha value is -2.10. The van der Waals surface area contributed by atoms with Crippen molar-refractivity contribution in [1.82, 2.24) is 0 Å². The summed E-state index contributed by atoms with van der Waals surface area (Å²) in [4.78, 5) is 22.4. The van der Waals surface area contributed by atoms with Gasteiger partial charge >= 0.3 is 11.9 Å². The second kappa shape index (κ2) is 7.36. The van der Waals surface area contributed by atoms with Crippen LogP contribution in [0.3, 0.4) is 0 Å². The Morgan fingerprint density at radius 2 is 1.63 bits per heavy atom. The molecule has 0 aliphatic rings. The van der Waals surface area contributed by atoms with Crippen LogP contribution in [0.25, 0.3) is 0 Å². The van der Waals surface area contributed by atoms with Gasteiger partial charge in [0.1, 0.15) is 6.61 Å². The number of hydrogen-bond donors (Lipinski definition) is 1. The van der Waals surface area contributed by atoms with Gasteiger partial charge in [-0.25, -0.2) is 9.59 Å². The minimum atomic E-state index is -1.02. The number of carbonyl (C=O) groups is 2. The summed E-state index contributed by atoms with van der Waals surface area (Å²) < 4.78 is 5.10. The maximum absolute atomic E-state index is 11.7. The van der Waals surface area contributed by atoms with Crippen molar-refractivity contribution in [2.75, 3.05) is 6.61 Å². The van der Waals surface area contributed by atoms with E-state index < -0.39 is 11.9 Å². The lowest BCUT2D eigenvalue weighted by Crippen LogP contribution is -2.06. The molecule has 0 heterocycles. The first-order chi connectivity index (χ1) is 9.08. The van der Waals surface area contributed by atoms with E-state index in [4.69, 9.17) is 9.84 Å². The zero-order valence-corrected chi connectivity index (χ0v) is 11.2. The lowest BCUT2D eigenvalue weighted by Gasteiger charge is -2.04. The average Bonchev–Trinajstić information content (AvgIpc) is 2.43. The summed E-state index contributed by atoms with van der Waals surface area (Å²) in [5.41, 5.74) is 1.75. The SMILES string of the molecule is CCC(=CCOC(=O)c1ccc(C(=O)O)cc1)CC. The molecule has 19 heavy (non-hydrogen) atoms. The predicted molar refractivity (Wildman–Crippen MR) is 72.3 cm³/mol. The number of carboxylic acid groups (broad SMARTS) is 1. The number of esters is 1. The number of carboxylic acids is 1. The Morgan fingerprint density at radius 1 is 1.11 bits per heavy atom. The Morgan fingerprint density at radius 3 is 2.11 bits per heavy atom. The quantitative estimate of drug-likeness (QED) is 0.631. The fourth-order valence-electron chi connectivity index (χ4n) is 1.61. The number of hydrogen-bond acceptors (Lipinski definition) is 3. The molecule has 1 aromatic rings. The minimum Gasteiger partial charge on any atom is -0.478 e. The fraction of sp³-hybridized carbons (Fsp3) is 0.333. The van der Waals surface area contributed by atoms with Crippen LogP contribution in [0.2, 0.25) is 0 Å². The summed E-state index contributed by atoms with van der Waals surface area (Å²) in [6.45, 7) is 4.36. The molecule has 0 saturated carbocycles. The number of aromatic carboxylic acids is 1. The molecule has 0 aliphatic heterocycles. The first-order valence-electron chi connectivity index (χ1n) is 6.26. The van der Waals surface area contributed by atoms with Gasteiger partial charge in [-0.1, -0.05) is 19.4 Å². The smallest absolute Gasteiger partial charge is 0.338 e. The zero-order valence-electron chi connectivity index (χ0n) is 11.2. The number of rotatable bonds is 6. The van der Waals surface area contributed by atoms with E-state index in [-0.39, 0.29) is 12.2 Å². The van der Waals surface area contributed by atoms with Gasteiger partial charge in [-0.05, 0) is 43.2 Å². The second-order valence-electron chi connectivity index (χ2n) is 4.05. The van der Waals surface area contributed by atoms with Gasteiger partial charge in [0.05, 0.1) is 11.1 Å². The Bertz CT molecular complexity index is 465. The normalized spacial score (nSPS) is 9.79. The van der Waals surface area contributed by atoms with Crippen molar-refractivity contribution in [1.29, 1.82) is 0 Å². The molecule has 0 fully saturated rings. The van der Waals surface area contributed by atoms with Gasteiger partial charge in [0.25, 0.3) is 0 Å². The molecule has 0 radical (unpaired) electrons. The highest BCUT2D eigenvalue weighted by Crippen LogP contribution is 2.08. The van der Waals surface area contributed by atoms with E-state index in [1.165, 1.54) is 29.8 Å².